The Morgan fingerprint density at radius 2 is 1.94 bits per heavy atom. The van der Waals surface area contributed by atoms with E-state index in [4.69, 9.17) is 16.3 Å². The van der Waals surface area contributed by atoms with Crippen LogP contribution >= 0.6 is 11.6 Å². The minimum Gasteiger partial charge on any atom is -0.497 e. The van der Waals surface area contributed by atoms with Crippen molar-refractivity contribution in [2.24, 2.45) is 0 Å². The van der Waals surface area contributed by atoms with Crippen molar-refractivity contribution in [3.63, 3.8) is 0 Å². The second-order valence-corrected chi connectivity index (χ2v) is 8.32. The first kappa shape index (κ1) is 23.1. The van der Waals surface area contributed by atoms with E-state index in [1.807, 2.05) is 24.3 Å². The van der Waals surface area contributed by atoms with E-state index < -0.39 is 11.9 Å². The zero-order chi connectivity index (χ0) is 22.4. The van der Waals surface area contributed by atoms with E-state index in [0.29, 0.717) is 5.75 Å². The highest BCUT2D eigenvalue weighted by atomic mass is 35.5. The second-order valence-electron chi connectivity index (χ2n) is 7.92. The molecular weight excluding hydrogens is 419 g/mol. The lowest BCUT2D eigenvalue weighted by molar-refractivity contribution is -0.140. The van der Waals surface area contributed by atoms with E-state index in [9.17, 15) is 14.0 Å². The Hall–Kier alpha value is -2.60. The van der Waals surface area contributed by atoms with Crippen LogP contribution in [0.3, 0.4) is 0 Å². The van der Waals surface area contributed by atoms with Crippen LogP contribution in [-0.2, 0) is 22.6 Å². The standard InChI is InChI=1S/C24H28ClFN2O3/c1-16(24(30)27-18-8-3-4-9-18)28(15-17-7-5-10-19(13-17)31-2)23(29)14-20-21(25)11-6-12-22(20)26/h5-7,10-13,16,18H,3-4,8-9,14-15H2,1-2H3,(H,27,30)/t16-/m1/s1. The van der Waals surface area contributed by atoms with Crippen molar-refractivity contribution < 1.29 is 18.7 Å². The third kappa shape index (κ3) is 5.97. The number of benzene rings is 2. The summed E-state index contributed by atoms with van der Waals surface area (Å²) < 4.78 is 19.5. The van der Waals surface area contributed by atoms with Gasteiger partial charge in [-0.1, -0.05) is 42.6 Å². The monoisotopic (exact) mass is 446 g/mol. The van der Waals surface area contributed by atoms with E-state index in [0.717, 1.165) is 31.2 Å². The van der Waals surface area contributed by atoms with Gasteiger partial charge in [0, 0.05) is 23.2 Å². The highest BCUT2D eigenvalue weighted by Crippen LogP contribution is 2.23. The van der Waals surface area contributed by atoms with E-state index in [2.05, 4.69) is 5.32 Å². The Bertz CT molecular complexity index is 911. The average Bonchev–Trinajstić information content (AvgIpc) is 3.27. The molecule has 2 aromatic carbocycles. The third-order valence-corrected chi connectivity index (χ3v) is 6.10. The molecule has 5 nitrogen and oxygen atoms in total. The molecule has 3 rings (SSSR count). The molecule has 2 amide bonds. The summed E-state index contributed by atoms with van der Waals surface area (Å²) in [4.78, 5) is 27.6. The molecular formula is C24H28ClFN2O3. The van der Waals surface area contributed by atoms with Crippen LogP contribution in [0.5, 0.6) is 5.75 Å². The van der Waals surface area contributed by atoms with Gasteiger partial charge >= 0.3 is 0 Å². The van der Waals surface area contributed by atoms with Crippen molar-refractivity contribution in [3.05, 3.63) is 64.4 Å². The molecule has 1 aliphatic carbocycles. The molecule has 7 heteroatoms. The molecule has 1 saturated carbocycles. The van der Waals surface area contributed by atoms with Gasteiger partial charge in [-0.25, -0.2) is 4.39 Å². The van der Waals surface area contributed by atoms with Gasteiger partial charge in [-0.3, -0.25) is 9.59 Å². The van der Waals surface area contributed by atoms with Gasteiger partial charge in [0.2, 0.25) is 11.8 Å². The molecule has 0 heterocycles. The number of nitrogens with zero attached hydrogens (tertiary/aromatic N) is 1. The summed E-state index contributed by atoms with van der Waals surface area (Å²) in [5.41, 5.74) is 0.945. The van der Waals surface area contributed by atoms with Gasteiger partial charge in [0.05, 0.1) is 13.5 Å². The zero-order valence-corrected chi connectivity index (χ0v) is 18.6. The summed E-state index contributed by atoms with van der Waals surface area (Å²) in [6.45, 7) is 1.90. The maximum atomic E-state index is 14.3. The Kier molecular flexibility index (Phi) is 7.91. The second kappa shape index (κ2) is 10.6. The third-order valence-electron chi connectivity index (χ3n) is 5.75. The van der Waals surface area contributed by atoms with Crippen molar-refractivity contribution in [1.29, 1.82) is 0 Å². The SMILES string of the molecule is COc1cccc(CN(C(=O)Cc2c(F)cccc2Cl)[C@H](C)C(=O)NC2CCCC2)c1. The number of nitrogens with one attached hydrogen (secondary N) is 1. The molecule has 1 fully saturated rings. The summed E-state index contributed by atoms with van der Waals surface area (Å²) in [6.07, 6.45) is 3.87. The molecule has 166 valence electrons. The van der Waals surface area contributed by atoms with Crippen molar-refractivity contribution in [2.75, 3.05) is 7.11 Å². The quantitative estimate of drug-likeness (QED) is 0.649. The lowest BCUT2D eigenvalue weighted by Crippen LogP contribution is -2.50. The summed E-state index contributed by atoms with van der Waals surface area (Å²) in [5, 5.41) is 3.24. The molecule has 0 spiro atoms. The Morgan fingerprint density at radius 1 is 1.23 bits per heavy atom. The van der Waals surface area contributed by atoms with E-state index in [1.165, 1.54) is 17.0 Å². The molecule has 1 atom stereocenters. The number of rotatable bonds is 8. The molecule has 0 bridgehead atoms. The fourth-order valence-electron chi connectivity index (χ4n) is 3.90. The first-order chi connectivity index (χ1) is 14.9. The van der Waals surface area contributed by atoms with Crippen LogP contribution in [0.1, 0.15) is 43.7 Å². The minimum atomic E-state index is -0.718. The maximum Gasteiger partial charge on any atom is 0.242 e. The van der Waals surface area contributed by atoms with Gasteiger partial charge in [-0.2, -0.15) is 0 Å². The molecule has 1 N–H and O–H groups in total. The number of hydrogen-bond acceptors (Lipinski definition) is 3. The van der Waals surface area contributed by atoms with Gasteiger partial charge in [0.1, 0.15) is 17.6 Å². The number of carbonyl (C=O) groups excluding carboxylic acids is 2. The minimum absolute atomic E-state index is 0.133. The molecule has 31 heavy (non-hydrogen) atoms. The molecule has 0 aromatic heterocycles. The summed E-state index contributed by atoms with van der Waals surface area (Å²) in [6, 6.07) is 11.1. The largest absolute Gasteiger partial charge is 0.497 e. The number of carbonyl (C=O) groups is 2. The normalized spacial score (nSPS) is 14.8. The van der Waals surface area contributed by atoms with Crippen LogP contribution in [0.2, 0.25) is 5.02 Å². The lowest BCUT2D eigenvalue weighted by Gasteiger charge is -2.30. The Labute approximate surface area is 187 Å². The van der Waals surface area contributed by atoms with Crippen LogP contribution < -0.4 is 10.1 Å². The summed E-state index contributed by atoms with van der Waals surface area (Å²) in [7, 11) is 1.57. The molecule has 0 aliphatic heterocycles. The first-order valence-corrected chi connectivity index (χ1v) is 10.9. The van der Waals surface area contributed by atoms with E-state index in [-0.39, 0.29) is 41.4 Å². The first-order valence-electron chi connectivity index (χ1n) is 10.5. The van der Waals surface area contributed by atoms with Gasteiger partial charge in [0.15, 0.2) is 0 Å². The van der Waals surface area contributed by atoms with Gasteiger partial charge < -0.3 is 15.0 Å². The summed E-state index contributed by atoms with van der Waals surface area (Å²) in [5.74, 6) is -0.456. The van der Waals surface area contributed by atoms with Crippen molar-refractivity contribution in [2.45, 2.75) is 57.7 Å². The number of amides is 2. The van der Waals surface area contributed by atoms with Crippen molar-refractivity contribution >= 4 is 23.4 Å². The highest BCUT2D eigenvalue weighted by Gasteiger charge is 2.29. The van der Waals surface area contributed by atoms with Crippen LogP contribution in [0.15, 0.2) is 42.5 Å². The number of ether oxygens (including phenoxy) is 1. The number of hydrogen-bond donors (Lipinski definition) is 1. The molecule has 2 aromatic rings. The highest BCUT2D eigenvalue weighted by molar-refractivity contribution is 6.31. The zero-order valence-electron chi connectivity index (χ0n) is 17.9. The van der Waals surface area contributed by atoms with Crippen LogP contribution in [0.4, 0.5) is 4.39 Å². The molecule has 1 aliphatic rings. The van der Waals surface area contributed by atoms with E-state index in [1.54, 1.807) is 20.1 Å². The van der Waals surface area contributed by atoms with Gasteiger partial charge in [0.25, 0.3) is 0 Å². The molecule has 0 radical (unpaired) electrons. The Morgan fingerprint density at radius 3 is 2.61 bits per heavy atom. The van der Waals surface area contributed by atoms with Crippen LogP contribution in [0.25, 0.3) is 0 Å². The average molecular weight is 447 g/mol. The predicted molar refractivity (Wildman–Crippen MR) is 119 cm³/mol. The van der Waals surface area contributed by atoms with E-state index >= 15 is 0 Å². The fraction of sp³-hybridized carbons (Fsp3) is 0.417. The van der Waals surface area contributed by atoms with Gasteiger partial charge in [-0.15, -0.1) is 0 Å². The smallest absolute Gasteiger partial charge is 0.242 e. The topological polar surface area (TPSA) is 58.6 Å². The summed E-state index contributed by atoms with van der Waals surface area (Å²) >= 11 is 6.13. The maximum absolute atomic E-state index is 14.3. The van der Waals surface area contributed by atoms with Crippen LogP contribution in [0, 0.1) is 5.82 Å². The lowest BCUT2D eigenvalue weighted by atomic mass is 10.1. The predicted octanol–water partition coefficient (Wildman–Crippen LogP) is 4.51. The number of methoxy groups -OCH3 is 1. The Balaban J connectivity index is 1.83. The van der Waals surface area contributed by atoms with Crippen molar-refractivity contribution in [3.8, 4) is 5.75 Å². The van der Waals surface area contributed by atoms with Gasteiger partial charge in [-0.05, 0) is 49.6 Å². The molecule has 0 unspecified atom stereocenters. The van der Waals surface area contributed by atoms with Crippen LogP contribution in [-0.4, -0.2) is 35.9 Å². The number of halogens is 2. The molecule has 0 saturated heterocycles. The van der Waals surface area contributed by atoms with Crippen molar-refractivity contribution in [1.82, 2.24) is 10.2 Å². The fourth-order valence-corrected chi connectivity index (χ4v) is 4.13.